The second kappa shape index (κ2) is 12.4. The Morgan fingerprint density at radius 1 is 1.16 bits per heavy atom. The van der Waals surface area contributed by atoms with Gasteiger partial charge in [0.05, 0.1) is 12.9 Å². The molecule has 3 rings (SSSR count). The van der Waals surface area contributed by atoms with Crippen molar-refractivity contribution in [3.8, 4) is 0 Å². The fourth-order valence-electron chi connectivity index (χ4n) is 3.41. The van der Waals surface area contributed by atoms with Gasteiger partial charge in [0.2, 0.25) is 0 Å². The SMILES string of the molecule is C=CCc1nc(NCc2ccccc2)c2ncn([C@H](O)[C@H](O)[C@@H](COP(=O)(O)CP(=O)(O)O)OC)c2n1. The molecule has 16 heteroatoms. The van der Waals surface area contributed by atoms with E-state index in [4.69, 9.17) is 19.0 Å². The molecule has 0 aliphatic carbocycles. The fourth-order valence-corrected chi connectivity index (χ4v) is 5.98. The second-order valence-electron chi connectivity index (χ2n) is 8.06. The van der Waals surface area contributed by atoms with Crippen LogP contribution in [0.5, 0.6) is 0 Å². The Balaban J connectivity index is 1.84. The third-order valence-corrected chi connectivity index (χ3v) is 8.63. The summed E-state index contributed by atoms with van der Waals surface area (Å²) < 4.78 is 34.0. The molecule has 0 spiro atoms. The number of ether oxygens (including phenoxy) is 1. The molecule has 2 heterocycles. The van der Waals surface area contributed by atoms with E-state index in [1.807, 2.05) is 30.3 Å². The van der Waals surface area contributed by atoms with Crippen molar-refractivity contribution in [3.05, 3.63) is 60.7 Å². The van der Waals surface area contributed by atoms with Crippen molar-refractivity contribution in [1.82, 2.24) is 19.5 Å². The molecule has 6 N–H and O–H groups in total. The summed E-state index contributed by atoms with van der Waals surface area (Å²) in [5, 5.41) is 24.8. The standard InChI is InChI=1S/C21H29N5O9P2/c1-3-7-16-24-19(22-10-14-8-5-4-6-9-14)17-20(25-16)26(12-23-17)21(28)18(27)15(34-2)11-35-37(32,33)13-36(29,30)31/h3-6,8-9,12,15,18,21,27-28H,1,7,10-11,13H2,2H3,(H,32,33)(H,22,24,25)(H2,29,30,31)/t15-,18-,21-/m1/s1. The van der Waals surface area contributed by atoms with Crippen LogP contribution in [-0.4, -0.2) is 76.2 Å². The molecule has 0 bridgehead atoms. The average Bonchev–Trinajstić information content (AvgIpc) is 3.25. The van der Waals surface area contributed by atoms with Crippen molar-refractivity contribution in [1.29, 1.82) is 0 Å². The molecule has 3 aromatic rings. The summed E-state index contributed by atoms with van der Waals surface area (Å²) in [6.45, 7) is 3.40. The maximum absolute atomic E-state index is 11.9. The molecule has 0 amide bonds. The number of fused-ring (bicyclic) bond motifs is 1. The first-order chi connectivity index (χ1) is 17.4. The lowest BCUT2D eigenvalue weighted by atomic mass is 10.2. The summed E-state index contributed by atoms with van der Waals surface area (Å²) in [7, 11) is -8.37. The molecular weight excluding hydrogens is 528 g/mol. The smallest absolute Gasteiger partial charge is 0.340 e. The third-order valence-electron chi connectivity index (χ3n) is 5.18. The number of anilines is 1. The van der Waals surface area contributed by atoms with Crippen LogP contribution in [0, 0.1) is 0 Å². The van der Waals surface area contributed by atoms with E-state index in [1.165, 1.54) is 10.9 Å². The Morgan fingerprint density at radius 2 is 1.86 bits per heavy atom. The molecule has 37 heavy (non-hydrogen) atoms. The Kier molecular flexibility index (Phi) is 9.70. The van der Waals surface area contributed by atoms with Gasteiger partial charge in [-0.05, 0) is 5.56 Å². The zero-order valence-corrected chi connectivity index (χ0v) is 21.7. The number of rotatable bonds is 14. The lowest BCUT2D eigenvalue weighted by molar-refractivity contribution is -0.113. The molecule has 0 saturated carbocycles. The van der Waals surface area contributed by atoms with Crippen LogP contribution >= 0.6 is 15.2 Å². The molecule has 0 saturated heterocycles. The molecule has 0 aliphatic heterocycles. The number of methoxy groups -OCH3 is 1. The van der Waals surface area contributed by atoms with Crippen molar-refractivity contribution < 1.29 is 43.3 Å². The first-order valence-electron chi connectivity index (χ1n) is 11.0. The van der Waals surface area contributed by atoms with Crippen molar-refractivity contribution in [2.75, 3.05) is 24.9 Å². The predicted octanol–water partition coefficient (Wildman–Crippen LogP) is 1.37. The number of nitrogens with one attached hydrogen (secondary N) is 1. The largest absolute Gasteiger partial charge is 0.386 e. The van der Waals surface area contributed by atoms with Gasteiger partial charge in [-0.25, -0.2) is 15.0 Å². The van der Waals surface area contributed by atoms with Crippen LogP contribution in [-0.2, 0) is 31.4 Å². The van der Waals surface area contributed by atoms with Crippen LogP contribution in [0.2, 0.25) is 0 Å². The molecule has 202 valence electrons. The zero-order chi connectivity index (χ0) is 27.2. The Bertz CT molecular complexity index is 1300. The molecule has 0 fully saturated rings. The van der Waals surface area contributed by atoms with Gasteiger partial charge in [0.25, 0.3) is 0 Å². The van der Waals surface area contributed by atoms with Gasteiger partial charge in [0.1, 0.15) is 18.0 Å². The summed E-state index contributed by atoms with van der Waals surface area (Å²) in [5.41, 5.74) is 1.51. The van der Waals surface area contributed by atoms with E-state index in [1.54, 1.807) is 6.08 Å². The topological polar surface area (TPSA) is 209 Å². The molecule has 14 nitrogen and oxygen atoms in total. The monoisotopic (exact) mass is 557 g/mol. The van der Waals surface area contributed by atoms with E-state index in [-0.39, 0.29) is 5.65 Å². The first-order valence-corrected chi connectivity index (χ1v) is 14.5. The number of aliphatic hydroxyl groups is 2. The lowest BCUT2D eigenvalue weighted by Gasteiger charge is -2.27. The van der Waals surface area contributed by atoms with Crippen molar-refractivity contribution in [2.45, 2.75) is 31.4 Å². The quantitative estimate of drug-likeness (QED) is 0.122. The number of aliphatic hydroxyl groups excluding tert-OH is 2. The average molecular weight is 557 g/mol. The van der Waals surface area contributed by atoms with Gasteiger partial charge in [0.15, 0.2) is 29.1 Å². The molecule has 4 atom stereocenters. The van der Waals surface area contributed by atoms with E-state index >= 15 is 0 Å². The molecule has 0 radical (unpaired) electrons. The van der Waals surface area contributed by atoms with Crippen molar-refractivity contribution in [2.24, 2.45) is 0 Å². The van der Waals surface area contributed by atoms with Crippen LogP contribution in [0.25, 0.3) is 11.2 Å². The Morgan fingerprint density at radius 3 is 2.49 bits per heavy atom. The molecule has 1 aromatic carbocycles. The summed E-state index contributed by atoms with van der Waals surface area (Å²) >= 11 is 0. The molecule has 2 aromatic heterocycles. The highest BCUT2D eigenvalue weighted by molar-refractivity contribution is 7.70. The van der Waals surface area contributed by atoms with Crippen LogP contribution in [0.4, 0.5) is 5.82 Å². The summed E-state index contributed by atoms with van der Waals surface area (Å²) in [6, 6.07) is 9.58. The number of allylic oxidation sites excluding steroid dienone is 1. The lowest BCUT2D eigenvalue weighted by Crippen LogP contribution is -2.39. The molecule has 1 unspecified atom stereocenters. The molecule has 0 aliphatic rings. The highest BCUT2D eigenvalue weighted by Gasteiger charge is 2.35. The van der Waals surface area contributed by atoms with Gasteiger partial charge in [0, 0.05) is 20.1 Å². The van der Waals surface area contributed by atoms with Gasteiger partial charge in [-0.1, -0.05) is 36.4 Å². The van der Waals surface area contributed by atoms with E-state index in [2.05, 4.69) is 26.8 Å². The number of nitrogens with zero attached hydrogens (tertiary/aromatic N) is 4. The maximum atomic E-state index is 11.9. The first kappa shape index (κ1) is 29.1. The summed E-state index contributed by atoms with van der Waals surface area (Å²) in [4.78, 5) is 40.7. The minimum Gasteiger partial charge on any atom is -0.386 e. The van der Waals surface area contributed by atoms with Gasteiger partial charge in [-0.15, -0.1) is 6.58 Å². The van der Waals surface area contributed by atoms with E-state index in [0.717, 1.165) is 12.7 Å². The Labute approximate surface area is 212 Å². The highest BCUT2D eigenvalue weighted by Crippen LogP contribution is 2.55. The maximum Gasteiger partial charge on any atom is 0.340 e. The van der Waals surface area contributed by atoms with E-state index in [0.29, 0.717) is 30.1 Å². The second-order valence-corrected chi connectivity index (χ2v) is 12.1. The number of aromatic nitrogens is 4. The normalized spacial score (nSPS) is 16.2. The highest BCUT2D eigenvalue weighted by atomic mass is 31.2. The number of hydrogen-bond donors (Lipinski definition) is 6. The van der Waals surface area contributed by atoms with Crippen molar-refractivity contribution in [3.63, 3.8) is 0 Å². The fraction of sp³-hybridized carbons (Fsp3) is 0.381. The van der Waals surface area contributed by atoms with Crippen LogP contribution in [0.1, 0.15) is 17.6 Å². The predicted molar refractivity (Wildman–Crippen MR) is 134 cm³/mol. The molecular formula is C21H29N5O9P2. The summed E-state index contributed by atoms with van der Waals surface area (Å²) in [6.07, 6.45) is -1.58. The van der Waals surface area contributed by atoms with Crippen molar-refractivity contribution >= 4 is 32.2 Å². The van der Waals surface area contributed by atoms with E-state index in [9.17, 15) is 24.2 Å². The number of hydrogen-bond acceptors (Lipinski definition) is 10. The van der Waals surface area contributed by atoms with E-state index < -0.39 is 46.1 Å². The van der Waals surface area contributed by atoms with Gasteiger partial charge in [-0.3, -0.25) is 13.7 Å². The number of benzene rings is 1. The number of imidazole rings is 1. The minimum absolute atomic E-state index is 0.194. The van der Waals surface area contributed by atoms with Crippen LogP contribution in [0.15, 0.2) is 49.3 Å². The minimum atomic E-state index is -4.84. The van der Waals surface area contributed by atoms with Gasteiger partial charge < -0.3 is 39.5 Å². The van der Waals surface area contributed by atoms with Crippen LogP contribution in [0.3, 0.4) is 0 Å². The van der Waals surface area contributed by atoms with Gasteiger partial charge >= 0.3 is 15.2 Å². The zero-order valence-electron chi connectivity index (χ0n) is 19.9. The van der Waals surface area contributed by atoms with Gasteiger partial charge in [-0.2, -0.15) is 0 Å². The Hall–Kier alpha value is -2.51. The van der Waals surface area contributed by atoms with Crippen LogP contribution < -0.4 is 5.32 Å². The summed E-state index contributed by atoms with van der Waals surface area (Å²) in [5.74, 6) is -0.619. The third kappa shape index (κ3) is 7.99.